The molecule has 2 aromatic rings. The highest BCUT2D eigenvalue weighted by molar-refractivity contribution is 5.74. The molecular weight excluding hydrogens is 320 g/mol. The van der Waals surface area contributed by atoms with E-state index in [-0.39, 0.29) is 24.1 Å². The minimum atomic E-state index is -0.374. The number of carbonyl (C=O) groups is 1. The minimum Gasteiger partial charge on any atom is -0.393 e. The lowest BCUT2D eigenvalue weighted by molar-refractivity contribution is 0.163. The Morgan fingerprint density at radius 2 is 1.96 bits per heavy atom. The van der Waals surface area contributed by atoms with E-state index in [0.29, 0.717) is 31.1 Å². The van der Waals surface area contributed by atoms with Gasteiger partial charge in [0.05, 0.1) is 18.6 Å². The lowest BCUT2D eigenvalue weighted by Gasteiger charge is -2.16. The van der Waals surface area contributed by atoms with Gasteiger partial charge in [-0.1, -0.05) is 42.4 Å². The van der Waals surface area contributed by atoms with Crippen LogP contribution in [0.1, 0.15) is 50.5 Å². The van der Waals surface area contributed by atoms with Crippen LogP contribution in [0.25, 0.3) is 0 Å². The van der Waals surface area contributed by atoms with Crippen LogP contribution in [-0.2, 0) is 6.42 Å². The van der Waals surface area contributed by atoms with Gasteiger partial charge in [0, 0.05) is 6.54 Å². The summed E-state index contributed by atoms with van der Waals surface area (Å²) in [6, 6.07) is 9.20. The monoisotopic (exact) mass is 346 g/mol. The third kappa shape index (κ3) is 6.54. The average Bonchev–Trinajstić information content (AvgIpc) is 3.02. The maximum Gasteiger partial charge on any atom is 0.315 e. The molecule has 0 aliphatic carbocycles. The summed E-state index contributed by atoms with van der Waals surface area (Å²) in [5.41, 5.74) is 1.09. The molecule has 0 radical (unpaired) electrons. The van der Waals surface area contributed by atoms with Gasteiger partial charge in [-0.05, 0) is 31.7 Å². The van der Waals surface area contributed by atoms with Gasteiger partial charge in [0.1, 0.15) is 0 Å². The Hall–Kier alpha value is -2.41. The van der Waals surface area contributed by atoms with Crippen LogP contribution in [0.3, 0.4) is 0 Å². The van der Waals surface area contributed by atoms with Crippen molar-refractivity contribution in [3.8, 4) is 0 Å². The molecule has 7 nitrogen and oxygen atoms in total. The number of hydrogen-bond donors (Lipinski definition) is 3. The quantitative estimate of drug-likeness (QED) is 0.681. The molecular formula is C18H26N4O3. The maximum absolute atomic E-state index is 11.9. The second-order valence-electron chi connectivity index (χ2n) is 6.47. The number of urea groups is 1. The summed E-state index contributed by atoms with van der Waals surface area (Å²) in [7, 11) is 0. The maximum atomic E-state index is 11.9. The van der Waals surface area contributed by atoms with Crippen LogP contribution in [0.2, 0.25) is 0 Å². The van der Waals surface area contributed by atoms with E-state index in [9.17, 15) is 9.90 Å². The number of rotatable bonds is 8. The highest BCUT2D eigenvalue weighted by atomic mass is 16.5. The molecule has 1 heterocycles. The molecule has 25 heavy (non-hydrogen) atoms. The Morgan fingerprint density at radius 1 is 1.24 bits per heavy atom. The number of aliphatic hydroxyl groups is 1. The van der Waals surface area contributed by atoms with Crippen molar-refractivity contribution in [1.29, 1.82) is 0 Å². The summed E-state index contributed by atoms with van der Waals surface area (Å²) >= 11 is 0. The molecule has 0 saturated heterocycles. The van der Waals surface area contributed by atoms with Crippen LogP contribution in [0.15, 0.2) is 34.9 Å². The van der Waals surface area contributed by atoms with E-state index >= 15 is 0 Å². The molecule has 0 aliphatic heterocycles. The molecule has 2 amide bonds. The van der Waals surface area contributed by atoms with Crippen LogP contribution in [0.5, 0.6) is 0 Å². The van der Waals surface area contributed by atoms with Gasteiger partial charge in [0.25, 0.3) is 0 Å². The standard InChI is InChI=1S/C18H26N4O3/c1-12(9-13(2)23)11-19-18(24)20-14(3)17-21-16(25-22-17)10-15-7-5-4-6-8-15/h4-8,12-14,23H,9-11H2,1-3H3,(H2,19,20,24). The topological polar surface area (TPSA) is 100 Å². The van der Waals surface area contributed by atoms with Crippen molar-refractivity contribution in [3.63, 3.8) is 0 Å². The van der Waals surface area contributed by atoms with E-state index in [1.165, 1.54) is 0 Å². The van der Waals surface area contributed by atoms with Gasteiger partial charge in [0.2, 0.25) is 5.89 Å². The van der Waals surface area contributed by atoms with E-state index in [1.54, 1.807) is 13.8 Å². The first-order chi connectivity index (χ1) is 11.9. The molecule has 3 unspecified atom stereocenters. The van der Waals surface area contributed by atoms with E-state index < -0.39 is 0 Å². The van der Waals surface area contributed by atoms with E-state index in [1.807, 2.05) is 37.3 Å². The Bertz CT molecular complexity index is 657. The van der Waals surface area contributed by atoms with Crippen molar-refractivity contribution < 1.29 is 14.4 Å². The predicted molar refractivity (Wildman–Crippen MR) is 94.0 cm³/mol. The van der Waals surface area contributed by atoms with E-state index in [4.69, 9.17) is 4.52 Å². The first-order valence-corrected chi connectivity index (χ1v) is 8.53. The third-order valence-electron chi connectivity index (χ3n) is 3.77. The number of hydrogen-bond acceptors (Lipinski definition) is 5. The first-order valence-electron chi connectivity index (χ1n) is 8.53. The van der Waals surface area contributed by atoms with Crippen molar-refractivity contribution in [1.82, 2.24) is 20.8 Å². The largest absolute Gasteiger partial charge is 0.393 e. The number of nitrogens with zero attached hydrogens (tertiary/aromatic N) is 2. The highest BCUT2D eigenvalue weighted by Crippen LogP contribution is 2.12. The molecule has 7 heteroatoms. The van der Waals surface area contributed by atoms with Gasteiger partial charge in [-0.3, -0.25) is 0 Å². The first kappa shape index (κ1) is 18.9. The summed E-state index contributed by atoms with van der Waals surface area (Å²) in [6.07, 6.45) is 0.828. The molecule has 2 rings (SSSR count). The van der Waals surface area contributed by atoms with Gasteiger partial charge in [-0.15, -0.1) is 0 Å². The number of amides is 2. The number of benzene rings is 1. The number of carbonyl (C=O) groups excluding carboxylic acids is 1. The summed E-state index contributed by atoms with van der Waals surface area (Å²) in [6.45, 7) is 6.01. The zero-order valence-electron chi connectivity index (χ0n) is 14.9. The Kier molecular flexibility index (Phi) is 6.94. The molecule has 136 valence electrons. The smallest absolute Gasteiger partial charge is 0.315 e. The highest BCUT2D eigenvalue weighted by Gasteiger charge is 2.16. The van der Waals surface area contributed by atoms with Crippen LogP contribution in [-0.4, -0.2) is 33.9 Å². The number of nitrogens with one attached hydrogen (secondary N) is 2. The molecule has 0 saturated carbocycles. The second kappa shape index (κ2) is 9.17. The minimum absolute atomic E-state index is 0.198. The van der Waals surface area contributed by atoms with Gasteiger partial charge in [0.15, 0.2) is 5.82 Å². The molecule has 3 atom stereocenters. The van der Waals surface area contributed by atoms with Gasteiger partial charge in [-0.2, -0.15) is 4.98 Å². The molecule has 1 aromatic heterocycles. The van der Waals surface area contributed by atoms with E-state index in [2.05, 4.69) is 20.8 Å². The molecule has 0 bridgehead atoms. The van der Waals surface area contributed by atoms with E-state index in [0.717, 1.165) is 5.56 Å². The van der Waals surface area contributed by atoms with Crippen molar-refractivity contribution in [2.75, 3.05) is 6.54 Å². The SMILES string of the molecule is CC(O)CC(C)CNC(=O)NC(C)c1noc(Cc2ccccc2)n1. The molecule has 1 aromatic carbocycles. The Balaban J connectivity index is 1.80. The number of aliphatic hydroxyl groups excluding tert-OH is 1. The average molecular weight is 346 g/mol. The lowest BCUT2D eigenvalue weighted by Crippen LogP contribution is -2.39. The van der Waals surface area contributed by atoms with Gasteiger partial charge < -0.3 is 20.3 Å². The zero-order chi connectivity index (χ0) is 18.2. The fraction of sp³-hybridized carbons (Fsp3) is 0.500. The summed E-state index contributed by atoms with van der Waals surface area (Å²) < 4.78 is 5.25. The second-order valence-corrected chi connectivity index (χ2v) is 6.47. The Labute approximate surface area is 147 Å². The third-order valence-corrected chi connectivity index (χ3v) is 3.77. The molecule has 0 fully saturated rings. The molecule has 0 aliphatic rings. The fourth-order valence-corrected chi connectivity index (χ4v) is 2.53. The summed E-state index contributed by atoms with van der Waals surface area (Å²) in [5, 5.41) is 18.8. The lowest BCUT2D eigenvalue weighted by atomic mass is 10.1. The van der Waals surface area contributed by atoms with Crippen molar-refractivity contribution in [3.05, 3.63) is 47.6 Å². The van der Waals surface area contributed by atoms with Crippen molar-refractivity contribution >= 4 is 6.03 Å². The molecule has 3 N–H and O–H groups in total. The van der Waals surface area contributed by atoms with Crippen LogP contribution < -0.4 is 10.6 Å². The van der Waals surface area contributed by atoms with Crippen molar-refractivity contribution in [2.45, 2.75) is 45.8 Å². The van der Waals surface area contributed by atoms with Gasteiger partial charge in [-0.25, -0.2) is 4.79 Å². The van der Waals surface area contributed by atoms with Crippen LogP contribution >= 0.6 is 0 Å². The fourth-order valence-electron chi connectivity index (χ4n) is 2.53. The van der Waals surface area contributed by atoms with Crippen LogP contribution in [0.4, 0.5) is 4.79 Å². The Morgan fingerprint density at radius 3 is 2.64 bits per heavy atom. The molecule has 0 spiro atoms. The number of aromatic nitrogens is 2. The van der Waals surface area contributed by atoms with Crippen molar-refractivity contribution in [2.24, 2.45) is 5.92 Å². The van der Waals surface area contributed by atoms with Crippen LogP contribution in [0, 0.1) is 5.92 Å². The predicted octanol–water partition coefficient (Wildman–Crippen LogP) is 2.43. The van der Waals surface area contributed by atoms with Gasteiger partial charge >= 0.3 is 6.03 Å². The zero-order valence-corrected chi connectivity index (χ0v) is 14.9. The summed E-state index contributed by atoms with van der Waals surface area (Å²) in [5.74, 6) is 1.16. The summed E-state index contributed by atoms with van der Waals surface area (Å²) in [4.78, 5) is 16.3. The normalized spacial score (nSPS) is 14.6.